The highest BCUT2D eigenvalue weighted by Gasteiger charge is 2.33. The summed E-state index contributed by atoms with van der Waals surface area (Å²) in [4.78, 5) is 38.5. The molecule has 1 aliphatic heterocycles. The first-order chi connectivity index (χ1) is 17.8. The Morgan fingerprint density at radius 3 is 2.43 bits per heavy atom. The van der Waals surface area contributed by atoms with Crippen molar-refractivity contribution in [3.05, 3.63) is 106 Å². The second kappa shape index (κ2) is 11.9. The van der Waals surface area contributed by atoms with Crippen LogP contribution in [0.5, 0.6) is 5.75 Å². The average Bonchev–Trinajstić information content (AvgIpc) is 3.15. The fraction of sp³-hybridized carbons (Fsp3) is 0.143. The van der Waals surface area contributed by atoms with Crippen molar-refractivity contribution in [2.75, 3.05) is 6.54 Å². The second-order valence-corrected chi connectivity index (χ2v) is 9.97. The van der Waals surface area contributed by atoms with Crippen LogP contribution >= 0.6 is 24.0 Å². The molecule has 1 atom stereocenters. The SMILES string of the molecule is C[C@@H](NC(=O)c1cc(/C=C2\SC(=S)N(CC(=O)O)C2=O)ccc1OCc1ccccc1)c1ccccc1. The number of rotatable bonds is 9. The van der Waals surface area contributed by atoms with E-state index in [1.54, 1.807) is 24.3 Å². The number of thioether (sulfide) groups is 1. The number of aliphatic carboxylic acids is 1. The van der Waals surface area contributed by atoms with E-state index in [1.165, 1.54) is 0 Å². The Kier molecular flexibility index (Phi) is 8.37. The van der Waals surface area contributed by atoms with Crippen LogP contribution in [0.3, 0.4) is 0 Å². The maximum Gasteiger partial charge on any atom is 0.323 e. The molecule has 2 amide bonds. The smallest absolute Gasteiger partial charge is 0.323 e. The van der Waals surface area contributed by atoms with Crippen molar-refractivity contribution in [3.8, 4) is 5.75 Å². The molecule has 2 N–H and O–H groups in total. The van der Waals surface area contributed by atoms with Gasteiger partial charge in [-0.2, -0.15) is 0 Å². The van der Waals surface area contributed by atoms with Crippen LogP contribution in [-0.2, 0) is 16.2 Å². The van der Waals surface area contributed by atoms with Crippen molar-refractivity contribution in [1.29, 1.82) is 0 Å². The number of ether oxygens (including phenoxy) is 1. The van der Waals surface area contributed by atoms with Crippen molar-refractivity contribution in [2.45, 2.75) is 19.6 Å². The number of hydrogen-bond acceptors (Lipinski definition) is 6. The lowest BCUT2D eigenvalue weighted by Crippen LogP contribution is -2.33. The first-order valence-electron chi connectivity index (χ1n) is 11.5. The number of carboxylic acid groups (broad SMARTS) is 1. The Morgan fingerprint density at radius 1 is 1.08 bits per heavy atom. The number of carbonyl (C=O) groups excluding carboxylic acids is 2. The van der Waals surface area contributed by atoms with Gasteiger partial charge in [-0.15, -0.1) is 0 Å². The highest BCUT2D eigenvalue weighted by Crippen LogP contribution is 2.33. The Balaban J connectivity index is 1.61. The first-order valence-corrected chi connectivity index (χ1v) is 12.7. The van der Waals surface area contributed by atoms with E-state index in [4.69, 9.17) is 22.1 Å². The summed E-state index contributed by atoms with van der Waals surface area (Å²) in [6.07, 6.45) is 1.60. The van der Waals surface area contributed by atoms with Crippen LogP contribution in [0.15, 0.2) is 83.8 Å². The minimum atomic E-state index is -1.15. The van der Waals surface area contributed by atoms with Crippen LogP contribution < -0.4 is 10.1 Å². The minimum Gasteiger partial charge on any atom is -0.488 e. The van der Waals surface area contributed by atoms with Gasteiger partial charge in [0.1, 0.15) is 23.2 Å². The van der Waals surface area contributed by atoms with E-state index in [1.807, 2.05) is 67.6 Å². The van der Waals surface area contributed by atoms with Crippen LogP contribution in [0.1, 0.15) is 40.0 Å². The molecule has 0 unspecified atom stereocenters. The Labute approximate surface area is 224 Å². The van der Waals surface area contributed by atoms with Gasteiger partial charge in [-0.3, -0.25) is 19.3 Å². The summed E-state index contributed by atoms with van der Waals surface area (Å²) in [5.41, 5.74) is 2.81. The number of thiocarbonyl (C=S) groups is 1. The second-order valence-electron chi connectivity index (χ2n) is 8.30. The summed E-state index contributed by atoms with van der Waals surface area (Å²) in [5.74, 6) is -1.56. The van der Waals surface area contributed by atoms with Crippen LogP contribution in [0.2, 0.25) is 0 Å². The number of nitrogens with one attached hydrogen (secondary N) is 1. The summed E-state index contributed by atoms with van der Waals surface area (Å²) in [6, 6.07) is 24.1. The maximum atomic E-state index is 13.4. The summed E-state index contributed by atoms with van der Waals surface area (Å²) in [5, 5.41) is 12.1. The molecule has 1 fully saturated rings. The van der Waals surface area contributed by atoms with Crippen LogP contribution in [0, 0.1) is 0 Å². The van der Waals surface area contributed by atoms with Gasteiger partial charge in [0, 0.05) is 0 Å². The van der Waals surface area contributed by atoms with E-state index >= 15 is 0 Å². The molecular formula is C28H24N2O5S2. The van der Waals surface area contributed by atoms with Gasteiger partial charge in [0.05, 0.1) is 16.5 Å². The van der Waals surface area contributed by atoms with Gasteiger partial charge in [-0.05, 0) is 41.8 Å². The Hall–Kier alpha value is -3.95. The lowest BCUT2D eigenvalue weighted by Gasteiger charge is -2.17. The molecule has 0 saturated carbocycles. The van der Waals surface area contributed by atoms with Gasteiger partial charge in [-0.25, -0.2) is 0 Å². The molecular weight excluding hydrogens is 508 g/mol. The number of amides is 2. The molecule has 3 aromatic rings. The summed E-state index contributed by atoms with van der Waals surface area (Å²) >= 11 is 6.20. The molecule has 7 nitrogen and oxygen atoms in total. The lowest BCUT2D eigenvalue weighted by molar-refractivity contribution is -0.140. The number of benzene rings is 3. The molecule has 1 heterocycles. The molecule has 4 rings (SSSR count). The maximum absolute atomic E-state index is 13.4. The lowest BCUT2D eigenvalue weighted by atomic mass is 10.1. The molecule has 9 heteroatoms. The highest BCUT2D eigenvalue weighted by atomic mass is 32.2. The third kappa shape index (κ3) is 6.63. The van der Waals surface area contributed by atoms with Gasteiger partial charge in [-0.1, -0.05) is 90.7 Å². The molecule has 0 radical (unpaired) electrons. The normalized spacial score (nSPS) is 15.1. The van der Waals surface area contributed by atoms with Crippen molar-refractivity contribution >= 4 is 52.2 Å². The van der Waals surface area contributed by atoms with E-state index in [0.29, 0.717) is 16.9 Å². The Morgan fingerprint density at radius 2 is 1.76 bits per heavy atom. The zero-order valence-electron chi connectivity index (χ0n) is 19.9. The predicted molar refractivity (Wildman–Crippen MR) is 147 cm³/mol. The molecule has 3 aromatic carbocycles. The Bertz CT molecular complexity index is 1360. The van der Waals surface area contributed by atoms with Crippen molar-refractivity contribution < 1.29 is 24.2 Å². The van der Waals surface area contributed by atoms with Gasteiger partial charge in [0.15, 0.2) is 0 Å². The standard InChI is InChI=1S/C28H24N2O5S2/c1-18(21-10-6-3-7-11-21)29-26(33)22-14-20(12-13-23(22)35-17-19-8-4-2-5-9-19)15-24-27(34)30(16-25(31)32)28(36)37-24/h2-15,18H,16-17H2,1H3,(H,29,33)(H,31,32)/b24-15-/t18-/m1/s1. The van der Waals surface area contributed by atoms with E-state index in [2.05, 4.69) is 5.32 Å². The summed E-state index contributed by atoms with van der Waals surface area (Å²) in [7, 11) is 0. The summed E-state index contributed by atoms with van der Waals surface area (Å²) in [6.45, 7) is 1.68. The molecule has 0 spiro atoms. The zero-order valence-corrected chi connectivity index (χ0v) is 21.6. The molecule has 0 bridgehead atoms. The fourth-order valence-corrected chi connectivity index (χ4v) is 4.95. The molecule has 1 saturated heterocycles. The van der Waals surface area contributed by atoms with Gasteiger partial charge < -0.3 is 15.2 Å². The monoisotopic (exact) mass is 532 g/mol. The molecule has 37 heavy (non-hydrogen) atoms. The molecule has 0 aliphatic carbocycles. The number of carbonyl (C=O) groups is 3. The largest absolute Gasteiger partial charge is 0.488 e. The van der Waals surface area contributed by atoms with Gasteiger partial charge in [0.25, 0.3) is 11.8 Å². The fourth-order valence-electron chi connectivity index (χ4n) is 3.70. The van der Waals surface area contributed by atoms with E-state index in [-0.39, 0.29) is 27.8 Å². The minimum absolute atomic E-state index is 0.177. The zero-order chi connectivity index (χ0) is 26.4. The van der Waals surface area contributed by atoms with E-state index in [9.17, 15) is 14.4 Å². The average molecular weight is 533 g/mol. The van der Waals surface area contributed by atoms with Crippen LogP contribution in [-0.4, -0.2) is 38.7 Å². The third-order valence-corrected chi connectivity index (χ3v) is 6.98. The van der Waals surface area contributed by atoms with E-state index < -0.39 is 18.4 Å². The van der Waals surface area contributed by atoms with Crippen molar-refractivity contribution in [3.63, 3.8) is 0 Å². The quantitative estimate of drug-likeness (QED) is 0.294. The molecule has 1 aliphatic rings. The number of carboxylic acids is 1. The number of hydrogen-bond donors (Lipinski definition) is 2. The highest BCUT2D eigenvalue weighted by molar-refractivity contribution is 8.26. The van der Waals surface area contributed by atoms with Crippen LogP contribution in [0.4, 0.5) is 0 Å². The van der Waals surface area contributed by atoms with E-state index in [0.717, 1.165) is 27.8 Å². The molecule has 0 aromatic heterocycles. The van der Waals surface area contributed by atoms with Gasteiger partial charge in [0.2, 0.25) is 0 Å². The number of nitrogens with zero attached hydrogens (tertiary/aromatic N) is 1. The van der Waals surface area contributed by atoms with Crippen molar-refractivity contribution in [2.24, 2.45) is 0 Å². The third-order valence-electron chi connectivity index (χ3n) is 5.60. The predicted octanol–water partition coefficient (Wildman–Crippen LogP) is 5.04. The molecule has 188 valence electrons. The summed E-state index contributed by atoms with van der Waals surface area (Å²) < 4.78 is 6.18. The topological polar surface area (TPSA) is 95.9 Å². The van der Waals surface area contributed by atoms with Crippen molar-refractivity contribution in [1.82, 2.24) is 10.2 Å². The van der Waals surface area contributed by atoms with Gasteiger partial charge >= 0.3 is 5.97 Å². The van der Waals surface area contributed by atoms with Crippen LogP contribution in [0.25, 0.3) is 6.08 Å². The first kappa shape index (κ1) is 26.1.